The first-order valence-corrected chi connectivity index (χ1v) is 11.6. The second-order valence-electron chi connectivity index (χ2n) is 8.59. The van der Waals surface area contributed by atoms with Gasteiger partial charge in [0.1, 0.15) is 24.2 Å². The summed E-state index contributed by atoms with van der Waals surface area (Å²) in [4.78, 5) is 26.1. The molecule has 1 atom stereocenters. The zero-order valence-electron chi connectivity index (χ0n) is 19.8. The smallest absolute Gasteiger partial charge is 0.307 e. The number of hydrogen-bond acceptors (Lipinski definition) is 5. The van der Waals surface area contributed by atoms with Gasteiger partial charge in [0.25, 0.3) is 5.91 Å². The minimum atomic E-state index is -0.994. The average Bonchev–Trinajstić information content (AvgIpc) is 2.82. The van der Waals surface area contributed by atoms with E-state index in [-0.39, 0.29) is 18.4 Å². The van der Waals surface area contributed by atoms with Crippen LogP contribution in [0.2, 0.25) is 5.02 Å². The van der Waals surface area contributed by atoms with Crippen molar-refractivity contribution in [2.45, 2.75) is 26.4 Å². The Kier molecular flexibility index (Phi) is 7.17. The van der Waals surface area contributed by atoms with Crippen LogP contribution >= 0.6 is 11.6 Å². The summed E-state index contributed by atoms with van der Waals surface area (Å²) >= 11 is 6.07. The number of para-hydroxylation sites is 2. The molecule has 8 heteroatoms. The Bertz CT molecular complexity index is 1280. The normalized spacial score (nSPS) is 14.6. The van der Waals surface area contributed by atoms with Crippen molar-refractivity contribution in [2.75, 3.05) is 30.4 Å². The SMILES string of the molecule is Cc1c(OC[C@@H]2CN(C)c3ccccc3O2)ccc(C(=O)Nc2ccc(Cl)c(CC(=O)O)c2)c1C. The van der Waals surface area contributed by atoms with Crippen LogP contribution < -0.4 is 19.7 Å². The Labute approximate surface area is 209 Å². The summed E-state index contributed by atoms with van der Waals surface area (Å²) < 4.78 is 12.2. The van der Waals surface area contributed by atoms with Gasteiger partial charge >= 0.3 is 5.97 Å². The summed E-state index contributed by atoms with van der Waals surface area (Å²) in [6.45, 7) is 4.87. The molecule has 0 fully saturated rings. The molecule has 0 bridgehead atoms. The van der Waals surface area contributed by atoms with Gasteiger partial charge < -0.3 is 24.8 Å². The van der Waals surface area contributed by atoms with Gasteiger partial charge in [0.05, 0.1) is 18.7 Å². The number of ether oxygens (including phenoxy) is 2. The third-order valence-corrected chi connectivity index (χ3v) is 6.47. The minimum absolute atomic E-state index is 0.123. The van der Waals surface area contributed by atoms with Crippen LogP contribution in [0.5, 0.6) is 11.5 Å². The number of amides is 1. The second kappa shape index (κ2) is 10.3. The van der Waals surface area contributed by atoms with Crippen LogP contribution in [0.4, 0.5) is 11.4 Å². The highest BCUT2D eigenvalue weighted by Crippen LogP contribution is 2.32. The molecule has 4 rings (SSSR count). The van der Waals surface area contributed by atoms with Gasteiger partial charge in [-0.3, -0.25) is 9.59 Å². The molecule has 35 heavy (non-hydrogen) atoms. The molecule has 1 aliphatic heterocycles. The predicted molar refractivity (Wildman–Crippen MR) is 136 cm³/mol. The summed E-state index contributed by atoms with van der Waals surface area (Å²) in [5.41, 5.74) is 4.14. The summed E-state index contributed by atoms with van der Waals surface area (Å²) in [6.07, 6.45) is -0.346. The van der Waals surface area contributed by atoms with E-state index in [9.17, 15) is 9.59 Å². The number of anilines is 2. The van der Waals surface area contributed by atoms with Crippen LogP contribution in [0.15, 0.2) is 54.6 Å². The van der Waals surface area contributed by atoms with Crippen molar-refractivity contribution in [3.8, 4) is 11.5 Å². The van der Waals surface area contributed by atoms with Crippen LogP contribution in [-0.4, -0.2) is 43.3 Å². The summed E-state index contributed by atoms with van der Waals surface area (Å²) in [5.74, 6) is 0.240. The lowest BCUT2D eigenvalue weighted by molar-refractivity contribution is -0.136. The topological polar surface area (TPSA) is 88.1 Å². The molecule has 3 aromatic carbocycles. The highest BCUT2D eigenvalue weighted by atomic mass is 35.5. The number of carbonyl (C=O) groups is 2. The second-order valence-corrected chi connectivity index (χ2v) is 9.00. The Balaban J connectivity index is 1.43. The third kappa shape index (κ3) is 5.52. The quantitative estimate of drug-likeness (QED) is 0.474. The molecule has 0 unspecified atom stereocenters. The van der Waals surface area contributed by atoms with E-state index < -0.39 is 5.97 Å². The number of carboxylic acids is 1. The molecule has 0 saturated carbocycles. The van der Waals surface area contributed by atoms with Crippen molar-refractivity contribution in [3.05, 3.63) is 81.9 Å². The molecule has 1 amide bonds. The lowest BCUT2D eigenvalue weighted by Gasteiger charge is -2.33. The first-order chi connectivity index (χ1) is 16.7. The van der Waals surface area contributed by atoms with Crippen LogP contribution in [0.1, 0.15) is 27.0 Å². The largest absolute Gasteiger partial charge is 0.489 e. The highest BCUT2D eigenvalue weighted by molar-refractivity contribution is 6.31. The molecular formula is C27H27ClN2O5. The van der Waals surface area contributed by atoms with E-state index in [1.165, 1.54) is 0 Å². The van der Waals surface area contributed by atoms with Crippen molar-refractivity contribution in [1.82, 2.24) is 0 Å². The lowest BCUT2D eigenvalue weighted by Crippen LogP contribution is -2.41. The number of carboxylic acid groups (broad SMARTS) is 1. The van der Waals surface area contributed by atoms with Crippen molar-refractivity contribution in [2.24, 2.45) is 0 Å². The number of rotatable bonds is 7. The van der Waals surface area contributed by atoms with E-state index in [0.29, 0.717) is 40.7 Å². The molecule has 0 spiro atoms. The van der Waals surface area contributed by atoms with Crippen molar-refractivity contribution in [1.29, 1.82) is 0 Å². The molecule has 2 N–H and O–H groups in total. The first kappa shape index (κ1) is 24.4. The van der Waals surface area contributed by atoms with Crippen molar-refractivity contribution < 1.29 is 24.2 Å². The molecular weight excluding hydrogens is 468 g/mol. The van der Waals surface area contributed by atoms with E-state index in [1.807, 2.05) is 45.2 Å². The number of hydrogen-bond donors (Lipinski definition) is 2. The van der Waals surface area contributed by atoms with E-state index in [1.54, 1.807) is 30.3 Å². The van der Waals surface area contributed by atoms with Gasteiger partial charge in [-0.15, -0.1) is 0 Å². The maximum absolute atomic E-state index is 12.9. The average molecular weight is 495 g/mol. The lowest BCUT2D eigenvalue weighted by atomic mass is 10.0. The van der Waals surface area contributed by atoms with Crippen LogP contribution in [0, 0.1) is 13.8 Å². The minimum Gasteiger partial charge on any atom is -0.489 e. The van der Waals surface area contributed by atoms with Gasteiger partial charge in [0.15, 0.2) is 0 Å². The monoisotopic (exact) mass is 494 g/mol. The molecule has 0 saturated heterocycles. The first-order valence-electron chi connectivity index (χ1n) is 11.2. The number of fused-ring (bicyclic) bond motifs is 1. The molecule has 0 radical (unpaired) electrons. The Morgan fingerprint density at radius 2 is 1.91 bits per heavy atom. The van der Waals surface area contributed by atoms with E-state index >= 15 is 0 Å². The maximum atomic E-state index is 12.9. The van der Waals surface area contributed by atoms with Crippen molar-refractivity contribution >= 4 is 34.9 Å². The molecule has 0 aromatic heterocycles. The van der Waals surface area contributed by atoms with Gasteiger partial charge in [-0.25, -0.2) is 0 Å². The van der Waals surface area contributed by atoms with Gasteiger partial charge in [0, 0.05) is 23.3 Å². The predicted octanol–water partition coefficient (Wildman–Crippen LogP) is 5.11. The fourth-order valence-electron chi connectivity index (χ4n) is 4.11. The number of likely N-dealkylation sites (N-methyl/N-ethyl adjacent to an activating group) is 1. The number of aliphatic carboxylic acids is 1. The molecule has 7 nitrogen and oxygen atoms in total. The van der Waals surface area contributed by atoms with E-state index in [2.05, 4.69) is 10.2 Å². The van der Waals surface area contributed by atoms with Crippen molar-refractivity contribution in [3.63, 3.8) is 0 Å². The number of halogens is 1. The van der Waals surface area contributed by atoms with Gasteiger partial charge in [0.2, 0.25) is 0 Å². The van der Waals surface area contributed by atoms with Crippen LogP contribution in [0.25, 0.3) is 0 Å². The summed E-state index contributed by atoms with van der Waals surface area (Å²) in [7, 11) is 2.03. The standard InChI is InChI=1S/C27H27ClN2O5/c1-16-17(2)24(34-15-20-14-30(3)23-6-4-5-7-25(23)35-20)11-9-21(16)27(33)29-19-8-10-22(28)18(12-19)13-26(31)32/h4-12,20H,13-15H2,1-3H3,(H,29,33)(H,31,32)/t20-/m0/s1. The maximum Gasteiger partial charge on any atom is 0.307 e. The highest BCUT2D eigenvalue weighted by Gasteiger charge is 2.24. The Morgan fingerprint density at radius 3 is 2.69 bits per heavy atom. The number of nitrogens with one attached hydrogen (secondary N) is 1. The summed E-state index contributed by atoms with van der Waals surface area (Å²) in [6, 6.07) is 16.2. The van der Waals surface area contributed by atoms with Crippen LogP contribution in [0.3, 0.4) is 0 Å². The summed E-state index contributed by atoms with van der Waals surface area (Å²) in [5, 5.41) is 12.2. The Hall–Kier alpha value is -3.71. The van der Waals surface area contributed by atoms with E-state index in [4.69, 9.17) is 26.2 Å². The Morgan fingerprint density at radius 1 is 1.14 bits per heavy atom. The molecule has 182 valence electrons. The zero-order chi connectivity index (χ0) is 25.1. The number of carbonyl (C=O) groups excluding carboxylic acids is 1. The fourth-order valence-corrected chi connectivity index (χ4v) is 4.29. The fraction of sp³-hybridized carbons (Fsp3) is 0.259. The number of benzene rings is 3. The van der Waals surface area contributed by atoms with E-state index in [0.717, 1.165) is 22.6 Å². The number of nitrogens with zero attached hydrogens (tertiary/aromatic N) is 1. The molecule has 0 aliphatic carbocycles. The third-order valence-electron chi connectivity index (χ3n) is 6.10. The van der Waals surface area contributed by atoms with Gasteiger partial charge in [-0.1, -0.05) is 23.7 Å². The zero-order valence-corrected chi connectivity index (χ0v) is 20.6. The molecule has 1 aliphatic rings. The molecule has 3 aromatic rings. The van der Waals surface area contributed by atoms with Gasteiger partial charge in [-0.05, 0) is 73.0 Å². The van der Waals surface area contributed by atoms with Crippen LogP contribution in [-0.2, 0) is 11.2 Å². The molecule has 1 heterocycles. The van der Waals surface area contributed by atoms with Gasteiger partial charge in [-0.2, -0.15) is 0 Å².